The number of carbonyl (C=O) groups excluding carboxylic acids is 2. The van der Waals surface area contributed by atoms with E-state index in [-0.39, 0.29) is 12.2 Å². The molecule has 0 unspecified atom stereocenters. The van der Waals surface area contributed by atoms with E-state index in [0.29, 0.717) is 10.6 Å². The minimum Gasteiger partial charge on any atom is -0.343 e. The summed E-state index contributed by atoms with van der Waals surface area (Å²) in [5.41, 5.74) is 0.460. The van der Waals surface area contributed by atoms with Gasteiger partial charge in [0.25, 0.3) is 5.91 Å². The zero-order valence-corrected chi connectivity index (χ0v) is 11.7. The highest BCUT2D eigenvalue weighted by Crippen LogP contribution is 2.12. The predicted octanol–water partition coefficient (Wildman–Crippen LogP) is 2.85. The number of anilines is 1. The molecule has 2 rings (SSSR count). The third-order valence-corrected chi connectivity index (χ3v) is 2.92. The van der Waals surface area contributed by atoms with Gasteiger partial charge in [-0.25, -0.2) is 4.39 Å². The molecule has 0 aliphatic heterocycles. The number of carbonyl (C=O) groups is 2. The quantitative estimate of drug-likeness (QED) is 0.912. The van der Waals surface area contributed by atoms with Crippen LogP contribution in [0.1, 0.15) is 10.4 Å². The Kier molecular flexibility index (Phi) is 4.90. The minimum atomic E-state index is -0.533. The lowest BCUT2D eigenvalue weighted by molar-refractivity contribution is -0.115. The molecule has 0 fully saturated rings. The van der Waals surface area contributed by atoms with Crippen molar-refractivity contribution in [3.8, 4) is 0 Å². The molecule has 21 heavy (non-hydrogen) atoms. The lowest BCUT2D eigenvalue weighted by atomic mass is 10.2. The zero-order chi connectivity index (χ0) is 15.2. The lowest BCUT2D eigenvalue weighted by Crippen LogP contribution is -2.33. The number of nitrogens with one attached hydrogen (secondary N) is 2. The molecule has 6 heteroatoms. The Morgan fingerprint density at radius 3 is 2.38 bits per heavy atom. The van der Waals surface area contributed by atoms with Crippen LogP contribution >= 0.6 is 11.6 Å². The molecule has 0 saturated carbocycles. The number of halogens is 2. The molecule has 4 nitrogen and oxygen atoms in total. The summed E-state index contributed by atoms with van der Waals surface area (Å²) >= 11 is 5.72. The van der Waals surface area contributed by atoms with Crippen LogP contribution in [-0.2, 0) is 4.79 Å². The first-order valence-electron chi connectivity index (χ1n) is 6.14. The maximum atomic E-state index is 13.3. The SMILES string of the molecule is O=C(CNC(=O)c1ccc(Cl)cc1)Nc1ccccc1F. The first kappa shape index (κ1) is 15.0. The second-order valence-electron chi connectivity index (χ2n) is 4.22. The third kappa shape index (κ3) is 4.29. The van der Waals surface area contributed by atoms with Gasteiger partial charge in [0.15, 0.2) is 0 Å². The summed E-state index contributed by atoms with van der Waals surface area (Å²) in [4.78, 5) is 23.4. The number of amides is 2. The molecule has 0 spiro atoms. The molecule has 0 bridgehead atoms. The van der Waals surface area contributed by atoms with Crippen LogP contribution in [-0.4, -0.2) is 18.4 Å². The minimum absolute atomic E-state index is 0.0724. The van der Waals surface area contributed by atoms with Crippen molar-refractivity contribution >= 4 is 29.1 Å². The molecule has 0 radical (unpaired) electrons. The van der Waals surface area contributed by atoms with E-state index in [9.17, 15) is 14.0 Å². The molecule has 108 valence electrons. The number of hydrogen-bond donors (Lipinski definition) is 2. The Bertz CT molecular complexity index is 659. The number of para-hydroxylation sites is 1. The molecular weight excluding hydrogens is 295 g/mol. The van der Waals surface area contributed by atoms with Gasteiger partial charge < -0.3 is 10.6 Å². The van der Waals surface area contributed by atoms with E-state index in [1.54, 1.807) is 30.3 Å². The average Bonchev–Trinajstić information content (AvgIpc) is 2.48. The topological polar surface area (TPSA) is 58.2 Å². The zero-order valence-electron chi connectivity index (χ0n) is 10.9. The monoisotopic (exact) mass is 306 g/mol. The van der Waals surface area contributed by atoms with Gasteiger partial charge in [0.05, 0.1) is 12.2 Å². The highest BCUT2D eigenvalue weighted by Gasteiger charge is 2.09. The summed E-state index contributed by atoms with van der Waals surface area (Å²) < 4.78 is 13.3. The van der Waals surface area contributed by atoms with Gasteiger partial charge in [-0.05, 0) is 36.4 Å². The molecule has 2 N–H and O–H groups in total. The van der Waals surface area contributed by atoms with E-state index in [1.807, 2.05) is 0 Å². The fourth-order valence-electron chi connectivity index (χ4n) is 1.62. The van der Waals surface area contributed by atoms with E-state index in [4.69, 9.17) is 11.6 Å². The molecule has 0 heterocycles. The van der Waals surface area contributed by atoms with Crippen LogP contribution in [0.3, 0.4) is 0 Å². The second kappa shape index (κ2) is 6.85. The summed E-state index contributed by atoms with van der Waals surface area (Å²) in [5, 5.41) is 5.34. The van der Waals surface area contributed by atoms with Gasteiger partial charge >= 0.3 is 0 Å². The van der Waals surface area contributed by atoms with Gasteiger partial charge in [-0.3, -0.25) is 9.59 Å². The fourth-order valence-corrected chi connectivity index (χ4v) is 1.75. The molecule has 2 aromatic rings. The van der Waals surface area contributed by atoms with Crippen LogP contribution in [0, 0.1) is 5.82 Å². The molecule has 2 amide bonds. The molecular formula is C15H12ClFN2O2. The number of hydrogen-bond acceptors (Lipinski definition) is 2. The first-order chi connectivity index (χ1) is 10.1. The van der Waals surface area contributed by atoms with Gasteiger partial charge in [0.2, 0.25) is 5.91 Å². The molecule has 0 atom stereocenters. The first-order valence-corrected chi connectivity index (χ1v) is 6.52. The van der Waals surface area contributed by atoms with Crippen molar-refractivity contribution in [2.75, 3.05) is 11.9 Å². The standard InChI is InChI=1S/C15H12ClFN2O2/c16-11-7-5-10(6-8-11)15(21)18-9-14(20)19-13-4-2-1-3-12(13)17/h1-8H,9H2,(H,18,21)(H,19,20). The van der Waals surface area contributed by atoms with Gasteiger partial charge in [-0.2, -0.15) is 0 Å². The normalized spacial score (nSPS) is 10.0. The second-order valence-corrected chi connectivity index (χ2v) is 4.65. The third-order valence-electron chi connectivity index (χ3n) is 2.66. The van der Waals surface area contributed by atoms with Crippen molar-refractivity contribution in [2.45, 2.75) is 0 Å². The Morgan fingerprint density at radius 1 is 1.05 bits per heavy atom. The Labute approximate surface area is 125 Å². The average molecular weight is 307 g/mol. The Morgan fingerprint density at radius 2 is 1.71 bits per heavy atom. The Hall–Kier alpha value is -2.40. The van der Waals surface area contributed by atoms with Gasteiger partial charge in [0.1, 0.15) is 5.82 Å². The Balaban J connectivity index is 1.88. The van der Waals surface area contributed by atoms with Crippen molar-refractivity contribution in [3.05, 3.63) is 64.9 Å². The summed E-state index contributed by atoms with van der Waals surface area (Å²) in [6.45, 7) is -0.254. The van der Waals surface area contributed by atoms with Gasteiger partial charge in [-0.15, -0.1) is 0 Å². The van der Waals surface area contributed by atoms with Crippen molar-refractivity contribution in [3.63, 3.8) is 0 Å². The van der Waals surface area contributed by atoms with E-state index in [2.05, 4.69) is 10.6 Å². The van der Waals surface area contributed by atoms with Crippen molar-refractivity contribution < 1.29 is 14.0 Å². The number of benzene rings is 2. The largest absolute Gasteiger partial charge is 0.343 e. The molecule has 0 aromatic heterocycles. The van der Waals surface area contributed by atoms with Crippen molar-refractivity contribution in [1.82, 2.24) is 5.32 Å². The van der Waals surface area contributed by atoms with Crippen LogP contribution in [0.5, 0.6) is 0 Å². The van der Waals surface area contributed by atoms with E-state index >= 15 is 0 Å². The van der Waals surface area contributed by atoms with Crippen LogP contribution in [0.15, 0.2) is 48.5 Å². The van der Waals surface area contributed by atoms with E-state index < -0.39 is 17.6 Å². The number of rotatable bonds is 4. The van der Waals surface area contributed by atoms with Crippen molar-refractivity contribution in [1.29, 1.82) is 0 Å². The van der Waals surface area contributed by atoms with Crippen LogP contribution < -0.4 is 10.6 Å². The van der Waals surface area contributed by atoms with Gasteiger partial charge in [0, 0.05) is 10.6 Å². The highest BCUT2D eigenvalue weighted by molar-refractivity contribution is 6.30. The van der Waals surface area contributed by atoms with Crippen LogP contribution in [0.2, 0.25) is 5.02 Å². The van der Waals surface area contributed by atoms with Crippen molar-refractivity contribution in [2.24, 2.45) is 0 Å². The van der Waals surface area contributed by atoms with E-state index in [0.717, 1.165) is 0 Å². The summed E-state index contributed by atoms with van der Waals surface area (Å²) in [7, 11) is 0. The molecule has 0 aliphatic carbocycles. The highest BCUT2D eigenvalue weighted by atomic mass is 35.5. The summed E-state index contributed by atoms with van der Waals surface area (Å²) in [6, 6.07) is 12.1. The fraction of sp³-hybridized carbons (Fsp3) is 0.0667. The molecule has 0 saturated heterocycles. The van der Waals surface area contributed by atoms with Gasteiger partial charge in [-0.1, -0.05) is 23.7 Å². The lowest BCUT2D eigenvalue weighted by Gasteiger charge is -2.07. The smallest absolute Gasteiger partial charge is 0.251 e. The predicted molar refractivity (Wildman–Crippen MR) is 78.8 cm³/mol. The molecule has 0 aliphatic rings. The maximum Gasteiger partial charge on any atom is 0.251 e. The van der Waals surface area contributed by atoms with Crippen LogP contribution in [0.4, 0.5) is 10.1 Å². The van der Waals surface area contributed by atoms with Crippen LogP contribution in [0.25, 0.3) is 0 Å². The summed E-state index contributed by atoms with van der Waals surface area (Å²) in [6.07, 6.45) is 0. The maximum absolute atomic E-state index is 13.3. The molecule has 2 aromatic carbocycles. The van der Waals surface area contributed by atoms with E-state index in [1.165, 1.54) is 18.2 Å². The summed E-state index contributed by atoms with van der Waals surface area (Å²) in [5.74, 6) is -1.45.